The Kier molecular flexibility index (Phi) is 4.53. The van der Waals surface area contributed by atoms with E-state index in [0.717, 1.165) is 0 Å². The van der Waals surface area contributed by atoms with Crippen molar-refractivity contribution in [3.63, 3.8) is 0 Å². The zero-order valence-electron chi connectivity index (χ0n) is 14.9. The van der Waals surface area contributed by atoms with Crippen molar-refractivity contribution in [2.24, 2.45) is 0 Å². The molecule has 0 unspecified atom stereocenters. The van der Waals surface area contributed by atoms with Crippen LogP contribution >= 0.6 is 11.8 Å². The minimum absolute atomic E-state index is 0.0237. The first-order valence-electron chi connectivity index (χ1n) is 8.60. The van der Waals surface area contributed by atoms with Crippen LogP contribution in [-0.2, 0) is 27.5 Å². The Bertz CT molecular complexity index is 919. The zero-order valence-corrected chi connectivity index (χ0v) is 15.7. The molecular formula is C17H17N5O5S. The predicted molar refractivity (Wildman–Crippen MR) is 97.9 cm³/mol. The van der Waals surface area contributed by atoms with Gasteiger partial charge < -0.3 is 9.64 Å². The minimum Gasteiger partial charge on any atom is -0.459 e. The fourth-order valence-corrected chi connectivity index (χ4v) is 5.30. The number of rotatable bonds is 6. The number of thioether (sulfide) groups is 1. The van der Waals surface area contributed by atoms with Gasteiger partial charge in [0.25, 0.3) is 5.69 Å². The first-order valence-corrected chi connectivity index (χ1v) is 9.48. The van der Waals surface area contributed by atoms with Gasteiger partial charge in [0.2, 0.25) is 5.91 Å². The van der Waals surface area contributed by atoms with Crippen LogP contribution in [0, 0.1) is 10.1 Å². The number of aromatic nitrogens is 3. The number of nitro groups is 1. The van der Waals surface area contributed by atoms with E-state index in [1.807, 2.05) is 6.92 Å². The van der Waals surface area contributed by atoms with E-state index < -0.39 is 21.7 Å². The number of ether oxygens (including phenoxy) is 1. The molecule has 0 aliphatic carbocycles. The molecule has 1 aromatic carbocycles. The van der Waals surface area contributed by atoms with Crippen LogP contribution in [0.4, 0.5) is 5.69 Å². The lowest BCUT2D eigenvalue weighted by Gasteiger charge is -2.37. The third-order valence-electron chi connectivity index (χ3n) is 4.91. The number of hydrogen-bond donors (Lipinski definition) is 0. The summed E-state index contributed by atoms with van der Waals surface area (Å²) in [6.07, 6.45) is 3.68. The number of fused-ring (bicyclic) bond motifs is 1. The largest absolute Gasteiger partial charge is 0.459 e. The SMILES string of the molecule is C[C@@]1(Cn2ccnn2)S[C@@H]2CC(=O)N2[C@H]1C(=O)OCc1ccc([N+](=O)[O-])cc1. The van der Waals surface area contributed by atoms with Gasteiger partial charge in [-0.05, 0) is 24.6 Å². The molecule has 0 N–H and O–H groups in total. The maximum atomic E-state index is 12.9. The average molecular weight is 403 g/mol. The first kappa shape index (κ1) is 18.4. The summed E-state index contributed by atoms with van der Waals surface area (Å²) in [5, 5.41) is 18.4. The second kappa shape index (κ2) is 6.89. The highest BCUT2D eigenvalue weighted by atomic mass is 32.2. The van der Waals surface area contributed by atoms with Gasteiger partial charge in [0.05, 0.1) is 34.2 Å². The van der Waals surface area contributed by atoms with Crippen molar-refractivity contribution in [2.75, 3.05) is 0 Å². The second-order valence-corrected chi connectivity index (χ2v) is 8.64. The van der Waals surface area contributed by atoms with Gasteiger partial charge >= 0.3 is 5.97 Å². The molecule has 0 saturated carbocycles. The summed E-state index contributed by atoms with van der Waals surface area (Å²) < 4.78 is 6.51. The maximum absolute atomic E-state index is 12.9. The van der Waals surface area contributed by atoms with Gasteiger partial charge in [-0.15, -0.1) is 16.9 Å². The topological polar surface area (TPSA) is 120 Å². The summed E-state index contributed by atoms with van der Waals surface area (Å²) in [5.41, 5.74) is 0.603. The highest BCUT2D eigenvalue weighted by Crippen LogP contribution is 2.51. The summed E-state index contributed by atoms with van der Waals surface area (Å²) in [6.45, 7) is 2.31. The van der Waals surface area contributed by atoms with Gasteiger partial charge in [-0.25, -0.2) is 4.79 Å². The normalized spacial score (nSPS) is 25.9. The Hall–Kier alpha value is -2.95. The quantitative estimate of drug-likeness (QED) is 0.307. The summed E-state index contributed by atoms with van der Waals surface area (Å²) in [7, 11) is 0. The number of nitrogens with zero attached hydrogens (tertiary/aromatic N) is 5. The second-order valence-electron chi connectivity index (χ2n) is 6.92. The van der Waals surface area contributed by atoms with E-state index in [0.29, 0.717) is 18.5 Å². The van der Waals surface area contributed by atoms with Crippen LogP contribution in [0.15, 0.2) is 36.7 Å². The van der Waals surface area contributed by atoms with Crippen molar-refractivity contribution in [3.05, 3.63) is 52.3 Å². The molecule has 1 amide bonds. The molecule has 11 heteroatoms. The number of esters is 1. The third-order valence-corrected chi connectivity index (χ3v) is 6.47. The Labute approximate surface area is 164 Å². The van der Waals surface area contributed by atoms with Gasteiger partial charge in [0, 0.05) is 18.3 Å². The predicted octanol–water partition coefficient (Wildman–Crippen LogP) is 1.36. The van der Waals surface area contributed by atoms with Crippen LogP contribution in [0.2, 0.25) is 0 Å². The number of β-lactam (4-membered cyclic amide) rings is 1. The molecule has 2 saturated heterocycles. The Morgan fingerprint density at radius 2 is 2.18 bits per heavy atom. The third kappa shape index (κ3) is 3.21. The Morgan fingerprint density at radius 1 is 1.43 bits per heavy atom. The smallest absolute Gasteiger partial charge is 0.330 e. The van der Waals surface area contributed by atoms with Crippen molar-refractivity contribution in [1.82, 2.24) is 19.9 Å². The van der Waals surface area contributed by atoms with E-state index in [1.54, 1.807) is 45.9 Å². The average Bonchev–Trinajstić information content (AvgIpc) is 3.24. The van der Waals surface area contributed by atoms with Gasteiger partial charge in [-0.1, -0.05) is 5.21 Å². The molecule has 3 atom stereocenters. The lowest BCUT2D eigenvalue weighted by atomic mass is 9.96. The van der Waals surface area contributed by atoms with Crippen molar-refractivity contribution in [2.45, 2.75) is 42.7 Å². The molecule has 28 heavy (non-hydrogen) atoms. The molecule has 2 fully saturated rings. The summed E-state index contributed by atoms with van der Waals surface area (Å²) in [4.78, 5) is 36.8. The van der Waals surface area contributed by atoms with Crippen LogP contribution in [-0.4, -0.2) is 52.9 Å². The van der Waals surface area contributed by atoms with Crippen LogP contribution in [0.1, 0.15) is 18.9 Å². The fourth-order valence-electron chi connectivity index (χ4n) is 3.55. The van der Waals surface area contributed by atoms with Crippen LogP contribution < -0.4 is 0 Å². The number of hydrogen-bond acceptors (Lipinski definition) is 8. The van der Waals surface area contributed by atoms with E-state index in [4.69, 9.17) is 4.74 Å². The van der Waals surface area contributed by atoms with Crippen LogP contribution in [0.3, 0.4) is 0 Å². The molecule has 0 radical (unpaired) electrons. The summed E-state index contributed by atoms with van der Waals surface area (Å²) in [5.74, 6) is -0.568. The van der Waals surface area contributed by atoms with Crippen molar-refractivity contribution in [3.8, 4) is 0 Å². The Balaban J connectivity index is 1.48. The van der Waals surface area contributed by atoms with Crippen LogP contribution in [0.5, 0.6) is 0 Å². The van der Waals surface area contributed by atoms with E-state index in [9.17, 15) is 19.7 Å². The monoisotopic (exact) mass is 403 g/mol. The standard InChI is InChI=1S/C17H17N5O5S/c1-17(10-20-7-6-18-19-20)15(21-13(23)8-14(21)28-17)16(24)27-9-11-2-4-12(5-3-11)22(25)26/h2-7,14-15H,8-10H2,1H3/t14-,15+,17+/m1/s1. The summed E-state index contributed by atoms with van der Waals surface area (Å²) >= 11 is 1.57. The van der Waals surface area contributed by atoms with Gasteiger partial charge in [0.15, 0.2) is 0 Å². The molecule has 2 aliphatic rings. The van der Waals surface area contributed by atoms with E-state index in [-0.39, 0.29) is 23.6 Å². The van der Waals surface area contributed by atoms with Gasteiger partial charge in [0.1, 0.15) is 12.6 Å². The molecule has 0 bridgehead atoms. The maximum Gasteiger partial charge on any atom is 0.330 e. The molecule has 0 spiro atoms. The van der Waals surface area contributed by atoms with E-state index >= 15 is 0 Å². The molecule has 3 heterocycles. The molecule has 2 aromatic rings. The molecule has 4 rings (SSSR count). The van der Waals surface area contributed by atoms with Crippen molar-refractivity contribution < 1.29 is 19.2 Å². The Morgan fingerprint density at radius 3 is 2.79 bits per heavy atom. The van der Waals surface area contributed by atoms with Crippen LogP contribution in [0.25, 0.3) is 0 Å². The molecule has 146 valence electrons. The molecule has 2 aliphatic heterocycles. The lowest BCUT2D eigenvalue weighted by Crippen LogP contribution is -2.58. The minimum atomic E-state index is -0.731. The molecular weight excluding hydrogens is 386 g/mol. The number of carbonyl (C=O) groups is 2. The first-order chi connectivity index (χ1) is 13.4. The number of nitro benzene ring substituents is 1. The number of benzene rings is 1. The lowest BCUT2D eigenvalue weighted by molar-refractivity contribution is -0.384. The highest BCUT2D eigenvalue weighted by molar-refractivity contribution is 8.01. The zero-order chi connectivity index (χ0) is 19.9. The number of carbonyl (C=O) groups excluding carboxylic acids is 2. The van der Waals surface area contributed by atoms with Crippen molar-refractivity contribution in [1.29, 1.82) is 0 Å². The number of non-ortho nitro benzene ring substituents is 1. The van der Waals surface area contributed by atoms with E-state index in [1.165, 1.54) is 12.1 Å². The highest BCUT2D eigenvalue weighted by Gasteiger charge is 2.61. The van der Waals surface area contributed by atoms with Gasteiger partial charge in [-0.2, -0.15) is 0 Å². The summed E-state index contributed by atoms with van der Waals surface area (Å²) in [6, 6.07) is 5.07. The van der Waals surface area contributed by atoms with Crippen molar-refractivity contribution >= 4 is 29.3 Å². The molecule has 1 aromatic heterocycles. The number of amides is 1. The fraction of sp³-hybridized carbons (Fsp3) is 0.412. The van der Waals surface area contributed by atoms with Gasteiger partial charge in [-0.3, -0.25) is 19.6 Å². The van der Waals surface area contributed by atoms with E-state index in [2.05, 4.69) is 10.3 Å². The molecule has 10 nitrogen and oxygen atoms in total.